The van der Waals surface area contributed by atoms with Gasteiger partial charge in [0.15, 0.2) is 0 Å². The number of ether oxygens (including phenoxy) is 1. The number of likely N-dealkylation sites (N-methyl/N-ethyl adjacent to an activating group) is 1. The lowest BCUT2D eigenvalue weighted by Crippen LogP contribution is -2.50. The lowest BCUT2D eigenvalue weighted by Gasteiger charge is -2.39. The van der Waals surface area contributed by atoms with Crippen LogP contribution in [0.15, 0.2) is 30.3 Å². The van der Waals surface area contributed by atoms with Crippen molar-refractivity contribution in [2.75, 3.05) is 13.2 Å². The van der Waals surface area contributed by atoms with Gasteiger partial charge in [-0.25, -0.2) is 0 Å². The molecule has 112 valence electrons. The summed E-state index contributed by atoms with van der Waals surface area (Å²) in [6.07, 6.45) is 5.51. The minimum Gasteiger partial charge on any atom is -0.377 e. The van der Waals surface area contributed by atoms with E-state index in [1.54, 1.807) is 0 Å². The van der Waals surface area contributed by atoms with E-state index < -0.39 is 0 Å². The molecule has 2 nitrogen and oxygen atoms in total. The Morgan fingerprint density at radius 2 is 1.80 bits per heavy atom. The van der Waals surface area contributed by atoms with E-state index in [-0.39, 0.29) is 5.41 Å². The molecule has 1 N–H and O–H groups in total. The maximum Gasteiger partial charge on any atom is 0.0631 e. The molecule has 1 unspecified atom stereocenters. The van der Waals surface area contributed by atoms with Gasteiger partial charge in [0.25, 0.3) is 0 Å². The van der Waals surface area contributed by atoms with E-state index in [1.807, 2.05) is 0 Å². The lowest BCUT2D eigenvalue weighted by atomic mass is 9.73. The van der Waals surface area contributed by atoms with Gasteiger partial charge in [-0.2, -0.15) is 0 Å². The first kappa shape index (κ1) is 15.5. The Hall–Kier alpha value is -0.860. The Labute approximate surface area is 123 Å². The van der Waals surface area contributed by atoms with E-state index in [1.165, 1.54) is 31.2 Å². The molecule has 20 heavy (non-hydrogen) atoms. The van der Waals surface area contributed by atoms with Crippen molar-refractivity contribution in [3.8, 4) is 0 Å². The molecule has 1 aromatic carbocycles. The first-order chi connectivity index (χ1) is 9.69. The van der Waals surface area contributed by atoms with E-state index in [4.69, 9.17) is 4.74 Å². The van der Waals surface area contributed by atoms with Gasteiger partial charge in [0.1, 0.15) is 0 Å². The summed E-state index contributed by atoms with van der Waals surface area (Å²) in [7, 11) is 0. The summed E-state index contributed by atoms with van der Waals surface area (Å²) in [4.78, 5) is 0. The third-order valence-electron chi connectivity index (χ3n) is 4.56. The summed E-state index contributed by atoms with van der Waals surface area (Å²) >= 11 is 0. The van der Waals surface area contributed by atoms with Crippen LogP contribution in [0.2, 0.25) is 0 Å². The molecule has 1 aromatic rings. The molecular weight excluding hydrogens is 246 g/mol. The van der Waals surface area contributed by atoms with Crippen molar-refractivity contribution in [3.63, 3.8) is 0 Å². The largest absolute Gasteiger partial charge is 0.377 e. The summed E-state index contributed by atoms with van der Waals surface area (Å²) in [5, 5.41) is 3.69. The van der Waals surface area contributed by atoms with Crippen LogP contribution in [0.4, 0.5) is 0 Å². The number of benzene rings is 1. The van der Waals surface area contributed by atoms with Crippen molar-refractivity contribution in [2.45, 2.75) is 64.0 Å². The van der Waals surface area contributed by atoms with Crippen LogP contribution in [0.1, 0.15) is 52.0 Å². The molecule has 1 atom stereocenters. The van der Waals surface area contributed by atoms with Crippen LogP contribution >= 0.6 is 0 Å². The topological polar surface area (TPSA) is 21.3 Å². The number of hydrogen-bond donors (Lipinski definition) is 1. The van der Waals surface area contributed by atoms with Crippen LogP contribution in [-0.4, -0.2) is 25.3 Å². The van der Waals surface area contributed by atoms with Gasteiger partial charge in [-0.1, -0.05) is 50.1 Å². The summed E-state index contributed by atoms with van der Waals surface area (Å²) in [5.41, 5.74) is 1.74. The molecule has 0 aromatic heterocycles. The normalized spacial score (nSPS) is 19.4. The molecule has 1 fully saturated rings. The Morgan fingerprint density at radius 3 is 2.35 bits per heavy atom. The summed E-state index contributed by atoms with van der Waals surface area (Å²) in [6.45, 7) is 8.23. The van der Waals surface area contributed by atoms with Crippen LogP contribution in [0.5, 0.6) is 0 Å². The van der Waals surface area contributed by atoms with Gasteiger partial charge >= 0.3 is 0 Å². The van der Waals surface area contributed by atoms with E-state index >= 15 is 0 Å². The van der Waals surface area contributed by atoms with Crippen molar-refractivity contribution >= 4 is 0 Å². The quantitative estimate of drug-likeness (QED) is 0.815. The molecule has 0 radical (unpaired) electrons. The van der Waals surface area contributed by atoms with Gasteiger partial charge in [0.2, 0.25) is 0 Å². The molecule has 0 heterocycles. The van der Waals surface area contributed by atoms with Crippen LogP contribution in [-0.2, 0) is 10.2 Å². The molecule has 1 aliphatic rings. The van der Waals surface area contributed by atoms with E-state index in [0.717, 1.165) is 13.2 Å². The zero-order chi connectivity index (χ0) is 14.4. The molecular formula is C18H29NO. The van der Waals surface area contributed by atoms with Gasteiger partial charge in [0, 0.05) is 11.5 Å². The van der Waals surface area contributed by atoms with E-state index in [9.17, 15) is 0 Å². The second-order valence-corrected chi connectivity index (χ2v) is 6.22. The van der Waals surface area contributed by atoms with Gasteiger partial charge in [-0.3, -0.25) is 0 Å². The molecule has 1 aliphatic carbocycles. The predicted octanol–water partition coefficient (Wildman–Crippen LogP) is 3.90. The molecule has 2 heteroatoms. The number of rotatable bonds is 7. The van der Waals surface area contributed by atoms with Crippen LogP contribution < -0.4 is 5.32 Å². The first-order valence-corrected chi connectivity index (χ1v) is 8.09. The third kappa shape index (κ3) is 3.42. The van der Waals surface area contributed by atoms with E-state index in [0.29, 0.717) is 12.1 Å². The van der Waals surface area contributed by atoms with Crippen molar-refractivity contribution in [3.05, 3.63) is 35.9 Å². The van der Waals surface area contributed by atoms with Crippen LogP contribution in [0, 0.1) is 0 Å². The van der Waals surface area contributed by atoms with Crippen LogP contribution in [0.3, 0.4) is 0 Å². The number of hydrogen-bond acceptors (Lipinski definition) is 2. The van der Waals surface area contributed by atoms with E-state index in [2.05, 4.69) is 56.4 Å². The van der Waals surface area contributed by atoms with Crippen LogP contribution in [0.25, 0.3) is 0 Å². The van der Waals surface area contributed by atoms with Gasteiger partial charge in [0.05, 0.1) is 12.7 Å². The Bertz CT molecular complexity index is 382. The third-order valence-corrected chi connectivity index (χ3v) is 4.56. The van der Waals surface area contributed by atoms with Crippen molar-refractivity contribution < 1.29 is 4.74 Å². The number of nitrogens with one attached hydrogen (secondary N) is 1. The predicted molar refractivity (Wildman–Crippen MR) is 85.1 cm³/mol. The molecule has 0 aliphatic heterocycles. The van der Waals surface area contributed by atoms with Crippen molar-refractivity contribution in [1.29, 1.82) is 0 Å². The highest BCUT2D eigenvalue weighted by Crippen LogP contribution is 2.44. The molecule has 0 amide bonds. The standard InChI is InChI=1S/C18H29NO/c1-4-19-17(14-20-15(2)3)18(12-8-9-13-18)16-10-6-5-7-11-16/h5-7,10-11,15,17,19H,4,8-9,12-14H2,1-3H3. The SMILES string of the molecule is CCNC(COC(C)C)C1(c2ccccc2)CCCC1. The molecule has 0 bridgehead atoms. The zero-order valence-corrected chi connectivity index (χ0v) is 13.2. The Morgan fingerprint density at radius 1 is 1.15 bits per heavy atom. The fourth-order valence-corrected chi connectivity index (χ4v) is 3.56. The minimum atomic E-state index is 0.256. The molecule has 0 saturated heterocycles. The maximum atomic E-state index is 5.95. The Balaban J connectivity index is 2.24. The summed E-state index contributed by atoms with van der Waals surface area (Å²) in [6, 6.07) is 11.5. The van der Waals surface area contributed by atoms with Gasteiger partial charge in [-0.05, 0) is 38.8 Å². The molecule has 2 rings (SSSR count). The smallest absolute Gasteiger partial charge is 0.0631 e. The summed E-state index contributed by atoms with van der Waals surface area (Å²) in [5.74, 6) is 0. The minimum absolute atomic E-state index is 0.256. The van der Waals surface area contributed by atoms with Crippen molar-refractivity contribution in [1.82, 2.24) is 5.32 Å². The van der Waals surface area contributed by atoms with Crippen molar-refractivity contribution in [2.24, 2.45) is 0 Å². The second kappa shape index (κ2) is 7.24. The van der Waals surface area contributed by atoms with Gasteiger partial charge < -0.3 is 10.1 Å². The first-order valence-electron chi connectivity index (χ1n) is 8.09. The average molecular weight is 275 g/mol. The Kier molecular flexibility index (Phi) is 5.62. The highest BCUT2D eigenvalue weighted by molar-refractivity contribution is 5.29. The fraction of sp³-hybridized carbons (Fsp3) is 0.667. The maximum absolute atomic E-state index is 5.95. The monoisotopic (exact) mass is 275 g/mol. The summed E-state index contributed by atoms with van der Waals surface area (Å²) < 4.78 is 5.95. The lowest BCUT2D eigenvalue weighted by molar-refractivity contribution is 0.0421. The van der Waals surface area contributed by atoms with Gasteiger partial charge in [-0.15, -0.1) is 0 Å². The second-order valence-electron chi connectivity index (χ2n) is 6.22. The fourth-order valence-electron chi connectivity index (χ4n) is 3.56. The highest BCUT2D eigenvalue weighted by Gasteiger charge is 2.42. The molecule has 0 spiro atoms. The zero-order valence-electron chi connectivity index (χ0n) is 13.2. The molecule has 1 saturated carbocycles. The highest BCUT2D eigenvalue weighted by atomic mass is 16.5. The average Bonchev–Trinajstić information content (AvgIpc) is 2.95.